The first kappa shape index (κ1) is 23.7. The summed E-state index contributed by atoms with van der Waals surface area (Å²) in [6.07, 6.45) is 0. The van der Waals surface area contributed by atoms with E-state index in [1.54, 1.807) is 0 Å². The van der Waals surface area contributed by atoms with Gasteiger partial charge in [-0.25, -0.2) is 0 Å². The molecule has 1 radical (unpaired) electrons. The highest BCUT2D eigenvalue weighted by atomic mass is 35.6. The molecule has 0 N–H and O–H groups in total. The summed E-state index contributed by atoms with van der Waals surface area (Å²) in [4.78, 5) is -2.83. The largest absolute Gasteiger partial charge is 0.286 e. The van der Waals surface area contributed by atoms with E-state index in [-0.39, 0.29) is 0 Å². The highest BCUT2D eigenvalue weighted by Crippen LogP contribution is 2.69. The topological polar surface area (TPSA) is 19.9 Å². The molecule has 0 aliphatic rings. The van der Waals surface area contributed by atoms with Gasteiger partial charge in [-0.2, -0.15) is 5.11 Å². The Morgan fingerprint density at radius 3 is 0.850 bits per heavy atom. The molecule has 0 heterocycles. The van der Waals surface area contributed by atoms with Gasteiger partial charge in [0, 0.05) is 0 Å². The van der Waals surface area contributed by atoms with Crippen molar-refractivity contribution in [3.8, 4) is 0 Å². The van der Waals surface area contributed by atoms with Crippen LogP contribution in [0.25, 0.3) is 0 Å². The van der Waals surface area contributed by atoms with Crippen LogP contribution in [0.5, 0.6) is 0 Å². The van der Waals surface area contributed by atoms with E-state index in [4.69, 9.17) is 151 Å². The van der Waals surface area contributed by atoms with Crippen LogP contribution >= 0.6 is 151 Å². The Bertz CT molecular complexity index is 343. The van der Waals surface area contributed by atoms with Crippen molar-refractivity contribution in [2.45, 2.75) is 25.6 Å². The monoisotopic (exact) mass is 543 g/mol. The molecule has 0 aliphatic heterocycles. The predicted molar refractivity (Wildman–Crippen MR) is 93.2 cm³/mol. The van der Waals surface area contributed by atoms with E-state index in [9.17, 15) is 5.11 Å². The molecule has 0 amide bonds. The fourth-order valence-electron chi connectivity index (χ4n) is 0.916. The lowest BCUT2D eigenvalue weighted by molar-refractivity contribution is 0.0960. The standard InChI is InChI=1S/C6Cl13O/c7-1(4(12,13)14,5(15,16)17)2(8,9)3(10,11)6(18,19)20. The second-order valence-corrected chi connectivity index (χ2v) is 12.4. The molecule has 0 fully saturated rings. The number of hydrogen-bond donors (Lipinski definition) is 0. The van der Waals surface area contributed by atoms with Crippen LogP contribution in [0.2, 0.25) is 0 Å². The summed E-state index contributed by atoms with van der Waals surface area (Å²) in [5.74, 6) is 0. The molecule has 1 nitrogen and oxygen atoms in total. The van der Waals surface area contributed by atoms with E-state index in [2.05, 4.69) is 0 Å². The third-order valence-corrected chi connectivity index (χ3v) is 8.87. The molecular formula is C6Cl13O. The van der Waals surface area contributed by atoms with Gasteiger partial charge in [-0.1, -0.05) is 139 Å². The second kappa shape index (κ2) is 6.80. The minimum Gasteiger partial charge on any atom is -0.190 e. The van der Waals surface area contributed by atoms with Gasteiger partial charge in [-0.15, -0.1) is 11.6 Å². The first-order chi connectivity index (χ1) is 8.25. The highest BCUT2D eigenvalue weighted by molar-refractivity contribution is 6.82. The van der Waals surface area contributed by atoms with Crippen LogP contribution in [0.3, 0.4) is 0 Å². The Morgan fingerprint density at radius 1 is 0.450 bits per heavy atom. The third kappa shape index (κ3) is 3.93. The van der Waals surface area contributed by atoms with Gasteiger partial charge < -0.3 is 0 Å². The molecule has 0 atom stereocenters. The lowest BCUT2D eigenvalue weighted by atomic mass is 10.0. The molecule has 14 heteroatoms. The molecule has 0 saturated heterocycles. The Balaban J connectivity index is 6.38. The number of alkyl halides is 13. The van der Waals surface area contributed by atoms with Crippen molar-refractivity contribution >= 4 is 151 Å². The van der Waals surface area contributed by atoms with Gasteiger partial charge in [-0.05, 0) is 0 Å². The molecule has 121 valence electrons. The van der Waals surface area contributed by atoms with Crippen LogP contribution in [0, 0.1) is 0 Å². The molecule has 0 aromatic carbocycles. The summed E-state index contributed by atoms with van der Waals surface area (Å²) in [5.41, 5.74) is 0. The first-order valence-corrected chi connectivity index (χ1v) is 8.82. The maximum atomic E-state index is 11.7. The van der Waals surface area contributed by atoms with Gasteiger partial charge >= 0.3 is 0 Å². The maximum Gasteiger partial charge on any atom is 0.286 e. The van der Waals surface area contributed by atoms with E-state index in [0.717, 1.165) is 0 Å². The Kier molecular flexibility index (Phi) is 8.07. The number of halogens is 13. The SMILES string of the molecule is [O]C(Cl)(Cl)C(Cl)(Cl)C(Cl)(Cl)C(Cl)(C(Cl)(Cl)Cl)C(Cl)(Cl)Cl. The molecule has 0 unspecified atom stereocenters. The van der Waals surface area contributed by atoms with Crippen LogP contribution in [-0.2, 0) is 5.11 Å². The quantitative estimate of drug-likeness (QED) is 0.323. The van der Waals surface area contributed by atoms with Crippen molar-refractivity contribution in [2.24, 2.45) is 0 Å². The van der Waals surface area contributed by atoms with Crippen molar-refractivity contribution in [3.63, 3.8) is 0 Å². The zero-order valence-electron chi connectivity index (χ0n) is 8.32. The van der Waals surface area contributed by atoms with Gasteiger partial charge in [0.2, 0.25) is 11.9 Å². The van der Waals surface area contributed by atoms with Crippen molar-refractivity contribution in [3.05, 3.63) is 0 Å². The average Bonchev–Trinajstić information content (AvgIpc) is 2.10. The molecule has 0 spiro atoms. The summed E-state index contributed by atoms with van der Waals surface area (Å²) in [7, 11) is 0. The van der Waals surface area contributed by atoms with Crippen LogP contribution < -0.4 is 0 Å². The minimum absolute atomic E-state index is 2.66. The number of rotatable bonds is 3. The summed E-state index contributed by atoms with van der Waals surface area (Å²) < 4.78 is -14.4. The molecule has 0 saturated carbocycles. The lowest BCUT2D eigenvalue weighted by Gasteiger charge is -2.51. The second-order valence-electron chi connectivity index (χ2n) is 3.32. The Hall–Kier alpha value is 3.73. The van der Waals surface area contributed by atoms with Crippen LogP contribution in [0.4, 0.5) is 0 Å². The van der Waals surface area contributed by atoms with Gasteiger partial charge in [0.15, 0.2) is 9.21 Å². The average molecular weight is 549 g/mol. The minimum atomic E-state index is -3.20. The molecule has 0 aromatic rings. The van der Waals surface area contributed by atoms with Gasteiger partial charge in [-0.3, -0.25) is 0 Å². The lowest BCUT2D eigenvalue weighted by Crippen LogP contribution is -2.69. The van der Waals surface area contributed by atoms with E-state index in [1.165, 1.54) is 0 Å². The molecule has 0 aromatic heterocycles. The summed E-state index contributed by atoms with van der Waals surface area (Å²) >= 11 is 73.5. The summed E-state index contributed by atoms with van der Waals surface area (Å²) in [6.45, 7) is 0. The Labute approximate surface area is 179 Å². The van der Waals surface area contributed by atoms with E-state index in [1.807, 2.05) is 0 Å². The van der Waals surface area contributed by atoms with Crippen molar-refractivity contribution in [2.75, 3.05) is 0 Å². The fourth-order valence-corrected chi connectivity index (χ4v) is 5.46. The highest BCUT2D eigenvalue weighted by Gasteiger charge is 2.79. The van der Waals surface area contributed by atoms with Crippen LogP contribution in [0.15, 0.2) is 0 Å². The molecule has 0 bridgehead atoms. The van der Waals surface area contributed by atoms with E-state index >= 15 is 0 Å². The maximum absolute atomic E-state index is 11.7. The van der Waals surface area contributed by atoms with Gasteiger partial charge in [0.25, 0.3) is 4.52 Å². The molecule has 0 rings (SSSR count). The zero-order chi connectivity index (χ0) is 17.0. The van der Waals surface area contributed by atoms with E-state index in [0.29, 0.717) is 0 Å². The first-order valence-electron chi connectivity index (χ1n) is 3.91. The van der Waals surface area contributed by atoms with Crippen LogP contribution in [0.1, 0.15) is 0 Å². The molecular weight excluding hydrogens is 549 g/mol. The smallest absolute Gasteiger partial charge is 0.190 e. The number of hydrogen-bond acceptors (Lipinski definition) is 0. The van der Waals surface area contributed by atoms with Gasteiger partial charge in [0.1, 0.15) is 0 Å². The van der Waals surface area contributed by atoms with Crippen molar-refractivity contribution in [1.29, 1.82) is 0 Å². The van der Waals surface area contributed by atoms with Gasteiger partial charge in [0.05, 0.1) is 0 Å². The normalized spacial score (nSPS) is 16.5. The molecule has 0 aliphatic carbocycles. The fraction of sp³-hybridized carbons (Fsp3) is 1.00. The zero-order valence-corrected chi connectivity index (χ0v) is 18.1. The third-order valence-electron chi connectivity index (χ3n) is 1.97. The summed E-state index contributed by atoms with van der Waals surface area (Å²) in [5, 5.41) is 11.7. The van der Waals surface area contributed by atoms with Crippen molar-refractivity contribution < 1.29 is 5.11 Å². The van der Waals surface area contributed by atoms with E-state index < -0.39 is 25.6 Å². The van der Waals surface area contributed by atoms with Crippen LogP contribution in [-0.4, -0.2) is 25.6 Å². The van der Waals surface area contributed by atoms with Crippen molar-refractivity contribution in [1.82, 2.24) is 0 Å². The summed E-state index contributed by atoms with van der Waals surface area (Å²) in [6, 6.07) is 0. The predicted octanol–water partition coefficient (Wildman–Crippen LogP) is 7.61. The molecule has 20 heavy (non-hydrogen) atoms. The Morgan fingerprint density at radius 2 is 0.700 bits per heavy atom.